The summed E-state index contributed by atoms with van der Waals surface area (Å²) in [5.41, 5.74) is 3.64. The first-order valence-corrected chi connectivity index (χ1v) is 10.7. The van der Waals surface area contributed by atoms with Crippen LogP contribution >= 0.6 is 23.3 Å². The molecule has 1 saturated carbocycles. The van der Waals surface area contributed by atoms with Gasteiger partial charge in [-0.3, -0.25) is 14.4 Å². The van der Waals surface area contributed by atoms with Crippen LogP contribution in [0.25, 0.3) is 5.57 Å². The Hall–Kier alpha value is -1.64. The molecule has 0 bridgehead atoms. The molecule has 3 aliphatic rings. The SMILES string of the molecule is Cn1ccc(C2=C3CC(NSC4(C)CC4)CN3C(c3nccs3)=NC2)n1. The average molecular weight is 387 g/mol. The van der Waals surface area contributed by atoms with Crippen molar-refractivity contribution in [1.29, 1.82) is 0 Å². The molecule has 8 heteroatoms. The molecule has 136 valence electrons. The zero-order chi connectivity index (χ0) is 17.7. The number of nitrogens with zero attached hydrogens (tertiary/aromatic N) is 5. The van der Waals surface area contributed by atoms with E-state index in [9.17, 15) is 0 Å². The lowest BCUT2D eigenvalue weighted by molar-refractivity contribution is 0.544. The van der Waals surface area contributed by atoms with Gasteiger partial charge in [-0.15, -0.1) is 11.3 Å². The number of amidine groups is 1. The molecule has 0 spiro atoms. The van der Waals surface area contributed by atoms with Crippen molar-refractivity contribution < 1.29 is 0 Å². The van der Waals surface area contributed by atoms with E-state index in [0.717, 1.165) is 29.5 Å². The average Bonchev–Trinajstić information content (AvgIpc) is 3.11. The van der Waals surface area contributed by atoms with E-state index in [1.54, 1.807) is 11.3 Å². The van der Waals surface area contributed by atoms with Crippen molar-refractivity contribution in [2.45, 2.75) is 37.0 Å². The molecule has 4 heterocycles. The van der Waals surface area contributed by atoms with Gasteiger partial charge >= 0.3 is 0 Å². The monoisotopic (exact) mass is 386 g/mol. The van der Waals surface area contributed by atoms with Crippen LogP contribution in [0.2, 0.25) is 0 Å². The van der Waals surface area contributed by atoms with Gasteiger partial charge in [0.1, 0.15) is 0 Å². The van der Waals surface area contributed by atoms with E-state index in [4.69, 9.17) is 4.99 Å². The van der Waals surface area contributed by atoms with Crippen LogP contribution in [0, 0.1) is 0 Å². The fourth-order valence-corrected chi connectivity index (χ4v) is 5.04. The Labute approximate surface area is 161 Å². The van der Waals surface area contributed by atoms with Gasteiger partial charge in [-0.05, 0) is 25.8 Å². The van der Waals surface area contributed by atoms with Crippen LogP contribution in [0.4, 0.5) is 0 Å². The largest absolute Gasteiger partial charge is 0.326 e. The summed E-state index contributed by atoms with van der Waals surface area (Å²) in [5, 5.41) is 7.65. The van der Waals surface area contributed by atoms with Gasteiger partial charge < -0.3 is 4.90 Å². The van der Waals surface area contributed by atoms with E-state index < -0.39 is 0 Å². The minimum atomic E-state index is 0.425. The van der Waals surface area contributed by atoms with Gasteiger partial charge in [0, 0.05) is 59.8 Å². The third kappa shape index (κ3) is 3.00. The molecular weight excluding hydrogens is 364 g/mol. The Kier molecular flexibility index (Phi) is 3.95. The topological polar surface area (TPSA) is 58.3 Å². The molecule has 6 nitrogen and oxygen atoms in total. The summed E-state index contributed by atoms with van der Waals surface area (Å²) >= 11 is 3.57. The summed E-state index contributed by atoms with van der Waals surface area (Å²) in [5.74, 6) is 1.02. The summed E-state index contributed by atoms with van der Waals surface area (Å²) in [4.78, 5) is 11.7. The molecule has 1 saturated heterocycles. The smallest absolute Gasteiger partial charge is 0.165 e. The molecule has 2 aliphatic heterocycles. The molecule has 1 atom stereocenters. The number of aryl methyl sites for hydroxylation is 1. The summed E-state index contributed by atoms with van der Waals surface area (Å²) in [6, 6.07) is 2.51. The highest BCUT2D eigenvalue weighted by atomic mass is 32.2. The molecule has 1 N–H and O–H groups in total. The summed E-state index contributed by atoms with van der Waals surface area (Å²) < 4.78 is 6.03. The van der Waals surface area contributed by atoms with Crippen molar-refractivity contribution >= 4 is 34.7 Å². The second-order valence-corrected chi connectivity index (χ2v) is 9.78. The highest BCUT2D eigenvalue weighted by molar-refractivity contribution is 7.99. The van der Waals surface area contributed by atoms with E-state index in [-0.39, 0.29) is 0 Å². The Balaban J connectivity index is 1.45. The van der Waals surface area contributed by atoms with Crippen molar-refractivity contribution in [1.82, 2.24) is 24.4 Å². The lowest BCUT2D eigenvalue weighted by atomic mass is 10.1. The second-order valence-electron chi connectivity index (χ2n) is 7.46. The molecule has 2 fully saturated rings. The predicted molar refractivity (Wildman–Crippen MR) is 107 cm³/mol. The highest BCUT2D eigenvalue weighted by Crippen LogP contribution is 2.47. The van der Waals surface area contributed by atoms with Crippen molar-refractivity contribution in [2.75, 3.05) is 13.1 Å². The molecule has 1 unspecified atom stereocenters. The summed E-state index contributed by atoms with van der Waals surface area (Å²) in [6.07, 6.45) is 7.50. The van der Waals surface area contributed by atoms with E-state index >= 15 is 0 Å². The Bertz CT molecular complexity index is 877. The van der Waals surface area contributed by atoms with Crippen molar-refractivity contribution in [3.05, 3.63) is 40.2 Å². The standard InChI is InChI=1S/C18H22N6S2/c1-18(4-5-18)26-22-12-9-15-13(14-3-7-23(2)21-14)10-20-16(24(15)11-12)17-19-6-8-25-17/h3,6-8,12,22H,4-5,9-11H2,1-2H3. The summed E-state index contributed by atoms with van der Waals surface area (Å²) in [7, 11) is 1.96. The van der Waals surface area contributed by atoms with Crippen molar-refractivity contribution in [3.63, 3.8) is 0 Å². The number of fused-ring (bicyclic) bond motifs is 1. The maximum absolute atomic E-state index is 4.89. The van der Waals surface area contributed by atoms with Gasteiger partial charge in [0.25, 0.3) is 0 Å². The van der Waals surface area contributed by atoms with Crippen LogP contribution < -0.4 is 4.72 Å². The molecule has 26 heavy (non-hydrogen) atoms. The molecule has 5 rings (SSSR count). The number of nitrogens with one attached hydrogen (secondary N) is 1. The van der Waals surface area contributed by atoms with Crippen LogP contribution in [0.1, 0.15) is 36.9 Å². The maximum Gasteiger partial charge on any atom is 0.165 e. The van der Waals surface area contributed by atoms with Crippen LogP contribution in [-0.4, -0.2) is 49.4 Å². The molecular formula is C18H22N6S2. The molecule has 2 aromatic rings. The zero-order valence-corrected chi connectivity index (χ0v) is 16.6. The quantitative estimate of drug-likeness (QED) is 0.801. The highest BCUT2D eigenvalue weighted by Gasteiger charge is 2.41. The fourth-order valence-electron chi connectivity index (χ4n) is 3.47. The number of thiazole rings is 1. The molecule has 1 aliphatic carbocycles. The molecule has 0 amide bonds. The van der Waals surface area contributed by atoms with E-state index in [1.165, 1.54) is 24.1 Å². The Morgan fingerprint density at radius 3 is 2.96 bits per heavy atom. The summed E-state index contributed by atoms with van der Waals surface area (Å²) in [6.45, 7) is 3.95. The molecule has 0 aromatic carbocycles. The number of rotatable bonds is 5. The number of aromatic nitrogens is 3. The van der Waals surface area contributed by atoms with Gasteiger partial charge in [-0.1, -0.05) is 11.9 Å². The van der Waals surface area contributed by atoms with Gasteiger partial charge in [0.2, 0.25) is 0 Å². The second kappa shape index (κ2) is 6.21. The minimum absolute atomic E-state index is 0.425. The lowest BCUT2D eigenvalue weighted by Crippen LogP contribution is -2.35. The van der Waals surface area contributed by atoms with Gasteiger partial charge in [-0.25, -0.2) is 4.98 Å². The Morgan fingerprint density at radius 1 is 1.38 bits per heavy atom. The van der Waals surface area contributed by atoms with E-state index in [2.05, 4.69) is 32.7 Å². The number of aliphatic imine (C=N–C) groups is 1. The van der Waals surface area contributed by atoms with Crippen LogP contribution in [0.3, 0.4) is 0 Å². The van der Waals surface area contributed by atoms with E-state index in [0.29, 0.717) is 17.3 Å². The third-order valence-electron chi connectivity index (χ3n) is 5.23. The number of hydrogen-bond donors (Lipinski definition) is 1. The zero-order valence-electron chi connectivity index (χ0n) is 15.0. The van der Waals surface area contributed by atoms with Crippen LogP contribution in [0.15, 0.2) is 34.5 Å². The normalized spacial score (nSPS) is 24.0. The van der Waals surface area contributed by atoms with Gasteiger partial charge in [0.15, 0.2) is 10.8 Å². The first-order chi connectivity index (χ1) is 12.6. The predicted octanol–water partition coefficient (Wildman–Crippen LogP) is 2.91. The van der Waals surface area contributed by atoms with Crippen LogP contribution in [0.5, 0.6) is 0 Å². The fraction of sp³-hybridized carbons (Fsp3) is 0.500. The van der Waals surface area contributed by atoms with Crippen LogP contribution in [-0.2, 0) is 7.05 Å². The van der Waals surface area contributed by atoms with Crippen molar-refractivity contribution in [2.24, 2.45) is 12.0 Å². The maximum atomic E-state index is 4.89. The lowest BCUT2D eigenvalue weighted by Gasteiger charge is -2.27. The van der Waals surface area contributed by atoms with E-state index in [1.807, 2.05) is 41.5 Å². The third-order valence-corrected chi connectivity index (χ3v) is 7.35. The number of hydrogen-bond acceptors (Lipinski definition) is 7. The van der Waals surface area contributed by atoms with Gasteiger partial charge in [-0.2, -0.15) is 5.10 Å². The van der Waals surface area contributed by atoms with Crippen molar-refractivity contribution in [3.8, 4) is 0 Å². The van der Waals surface area contributed by atoms with Gasteiger partial charge in [0.05, 0.1) is 12.2 Å². The molecule has 0 radical (unpaired) electrons. The molecule has 2 aromatic heterocycles. The first-order valence-electron chi connectivity index (χ1n) is 8.99. The Morgan fingerprint density at radius 2 is 2.27 bits per heavy atom. The first kappa shape index (κ1) is 16.5. The minimum Gasteiger partial charge on any atom is -0.326 e.